The van der Waals surface area contributed by atoms with Crippen molar-refractivity contribution in [2.75, 3.05) is 52.2 Å². The summed E-state index contributed by atoms with van der Waals surface area (Å²) in [6.45, 7) is 4.79. The third-order valence-corrected chi connectivity index (χ3v) is 5.35. The molecule has 0 unspecified atom stereocenters. The van der Waals surface area contributed by atoms with Gasteiger partial charge in [0, 0.05) is 38.2 Å². The summed E-state index contributed by atoms with van der Waals surface area (Å²) in [6, 6.07) is 10.9. The molecule has 1 saturated heterocycles. The van der Waals surface area contributed by atoms with Crippen LogP contribution in [-0.2, 0) is 0 Å². The Balaban J connectivity index is 1.65. The van der Waals surface area contributed by atoms with Crippen molar-refractivity contribution in [3.63, 3.8) is 0 Å². The lowest BCUT2D eigenvalue weighted by Crippen LogP contribution is -2.44. The molecule has 0 aliphatic carbocycles. The van der Waals surface area contributed by atoms with Gasteiger partial charge in [0.2, 0.25) is 0 Å². The van der Waals surface area contributed by atoms with Gasteiger partial charge in [0.1, 0.15) is 11.6 Å². The standard InChI is InChI=1S/C23H28FN3O3/c1-26-12-14-27(15-13-26)11-5-10-21(28)22-19(24)8-4-9-20(22)25-23(29)17-6-3-7-18(16-17)30-2/h3-4,6-9,16H,5,10-15H2,1-2H3,(H,25,29). The number of nitrogens with one attached hydrogen (secondary N) is 1. The zero-order valence-corrected chi connectivity index (χ0v) is 17.5. The number of rotatable bonds is 8. The number of ether oxygens (including phenoxy) is 1. The Labute approximate surface area is 176 Å². The molecule has 1 fully saturated rings. The van der Waals surface area contributed by atoms with E-state index in [1.807, 2.05) is 0 Å². The number of Topliss-reactive ketones (excluding diaryl/α,β-unsaturated/α-hetero) is 1. The van der Waals surface area contributed by atoms with Gasteiger partial charge in [-0.25, -0.2) is 4.39 Å². The van der Waals surface area contributed by atoms with Gasteiger partial charge in [0.05, 0.1) is 18.4 Å². The lowest BCUT2D eigenvalue weighted by Gasteiger charge is -2.32. The molecule has 1 aliphatic rings. The van der Waals surface area contributed by atoms with Crippen LogP contribution in [0.5, 0.6) is 5.75 Å². The molecule has 7 heteroatoms. The quantitative estimate of drug-likeness (QED) is 0.673. The van der Waals surface area contributed by atoms with E-state index in [1.165, 1.54) is 19.2 Å². The summed E-state index contributed by atoms with van der Waals surface area (Å²) in [7, 11) is 3.61. The van der Waals surface area contributed by atoms with E-state index < -0.39 is 11.7 Å². The number of halogens is 1. The van der Waals surface area contributed by atoms with Crippen LogP contribution < -0.4 is 10.1 Å². The highest BCUT2D eigenvalue weighted by Crippen LogP contribution is 2.23. The second-order valence-electron chi connectivity index (χ2n) is 7.52. The molecule has 0 atom stereocenters. The van der Waals surface area contributed by atoms with Crippen LogP contribution in [0.25, 0.3) is 0 Å². The summed E-state index contributed by atoms with van der Waals surface area (Å²) in [6.07, 6.45) is 0.884. The predicted octanol–water partition coefficient (Wildman–Crippen LogP) is 3.30. The van der Waals surface area contributed by atoms with Crippen LogP contribution in [0.3, 0.4) is 0 Å². The van der Waals surface area contributed by atoms with E-state index >= 15 is 0 Å². The summed E-state index contributed by atoms with van der Waals surface area (Å²) in [5.74, 6) is -0.806. The first-order valence-corrected chi connectivity index (χ1v) is 10.2. The van der Waals surface area contributed by atoms with Gasteiger partial charge in [0.15, 0.2) is 5.78 Å². The minimum atomic E-state index is -0.622. The molecule has 3 rings (SSSR count). The van der Waals surface area contributed by atoms with Gasteiger partial charge in [0.25, 0.3) is 5.91 Å². The van der Waals surface area contributed by atoms with Gasteiger partial charge < -0.3 is 19.9 Å². The van der Waals surface area contributed by atoms with Crippen LogP contribution in [0.2, 0.25) is 0 Å². The average Bonchev–Trinajstić information content (AvgIpc) is 2.75. The van der Waals surface area contributed by atoms with Crippen molar-refractivity contribution in [2.45, 2.75) is 12.8 Å². The molecule has 0 spiro atoms. The monoisotopic (exact) mass is 413 g/mol. The Morgan fingerprint density at radius 1 is 1.10 bits per heavy atom. The van der Waals surface area contributed by atoms with Crippen molar-refractivity contribution in [3.8, 4) is 5.75 Å². The molecule has 0 radical (unpaired) electrons. The van der Waals surface area contributed by atoms with Gasteiger partial charge in [-0.15, -0.1) is 0 Å². The molecule has 2 aromatic rings. The number of nitrogens with zero attached hydrogens (tertiary/aromatic N) is 2. The molecule has 6 nitrogen and oxygen atoms in total. The first kappa shape index (κ1) is 21.9. The van der Waals surface area contributed by atoms with Crippen molar-refractivity contribution in [2.24, 2.45) is 0 Å². The highest BCUT2D eigenvalue weighted by molar-refractivity contribution is 6.09. The van der Waals surface area contributed by atoms with Gasteiger partial charge in [-0.1, -0.05) is 12.1 Å². The predicted molar refractivity (Wildman–Crippen MR) is 115 cm³/mol. The fourth-order valence-corrected chi connectivity index (χ4v) is 3.53. The number of hydrogen-bond acceptors (Lipinski definition) is 5. The normalized spacial score (nSPS) is 15.0. The van der Waals surface area contributed by atoms with Gasteiger partial charge >= 0.3 is 0 Å². The molecule has 1 amide bonds. The number of amides is 1. The number of ketones is 1. The molecule has 0 saturated carbocycles. The smallest absolute Gasteiger partial charge is 0.255 e. The van der Waals surface area contributed by atoms with E-state index in [2.05, 4.69) is 22.2 Å². The van der Waals surface area contributed by atoms with Crippen molar-refractivity contribution in [1.29, 1.82) is 0 Å². The Morgan fingerprint density at radius 3 is 2.57 bits per heavy atom. The van der Waals surface area contributed by atoms with Crippen molar-refractivity contribution >= 4 is 17.4 Å². The van der Waals surface area contributed by atoms with E-state index in [-0.39, 0.29) is 23.5 Å². The van der Waals surface area contributed by atoms with Crippen LogP contribution in [0, 0.1) is 5.82 Å². The average molecular weight is 413 g/mol. The van der Waals surface area contributed by atoms with Gasteiger partial charge in [-0.3, -0.25) is 9.59 Å². The Bertz CT molecular complexity index is 895. The topological polar surface area (TPSA) is 61.9 Å². The first-order valence-electron chi connectivity index (χ1n) is 10.2. The minimum absolute atomic E-state index is 0.0628. The summed E-state index contributed by atoms with van der Waals surface area (Å²) in [4.78, 5) is 30.0. The minimum Gasteiger partial charge on any atom is -0.497 e. The molecule has 2 aromatic carbocycles. The van der Waals surface area contributed by atoms with Crippen molar-refractivity contribution < 1.29 is 18.7 Å². The molecule has 30 heavy (non-hydrogen) atoms. The number of piperazine rings is 1. The number of hydrogen-bond donors (Lipinski definition) is 1. The van der Waals surface area contributed by atoms with Gasteiger partial charge in [-0.05, 0) is 50.3 Å². The summed E-state index contributed by atoms with van der Waals surface area (Å²) in [5.41, 5.74) is 0.492. The molecule has 1 aliphatic heterocycles. The number of methoxy groups -OCH3 is 1. The second kappa shape index (κ2) is 10.3. The summed E-state index contributed by atoms with van der Waals surface area (Å²) in [5, 5.41) is 2.67. The maximum Gasteiger partial charge on any atom is 0.255 e. The van der Waals surface area contributed by atoms with Crippen LogP contribution in [0.15, 0.2) is 42.5 Å². The van der Waals surface area contributed by atoms with Crippen LogP contribution in [0.1, 0.15) is 33.6 Å². The van der Waals surface area contributed by atoms with Gasteiger partial charge in [-0.2, -0.15) is 0 Å². The molecule has 0 aromatic heterocycles. The highest BCUT2D eigenvalue weighted by Gasteiger charge is 2.20. The number of carbonyl (C=O) groups excluding carboxylic acids is 2. The van der Waals surface area contributed by atoms with Crippen molar-refractivity contribution in [3.05, 3.63) is 59.4 Å². The SMILES string of the molecule is COc1cccc(C(=O)Nc2cccc(F)c2C(=O)CCCN2CCN(C)CC2)c1. The van der Waals surface area contributed by atoms with Crippen LogP contribution in [-0.4, -0.2) is 68.4 Å². The van der Waals surface area contributed by atoms with Crippen molar-refractivity contribution in [1.82, 2.24) is 9.80 Å². The number of anilines is 1. The molecule has 0 bridgehead atoms. The number of carbonyl (C=O) groups is 2. The fraction of sp³-hybridized carbons (Fsp3) is 0.391. The number of likely N-dealkylation sites (N-methyl/N-ethyl adjacent to an activating group) is 1. The largest absolute Gasteiger partial charge is 0.497 e. The lowest BCUT2D eigenvalue weighted by atomic mass is 10.0. The second-order valence-corrected chi connectivity index (χ2v) is 7.52. The Kier molecular flexibility index (Phi) is 7.54. The zero-order valence-electron chi connectivity index (χ0n) is 17.5. The Morgan fingerprint density at radius 2 is 1.83 bits per heavy atom. The summed E-state index contributed by atoms with van der Waals surface area (Å²) < 4.78 is 19.6. The maximum atomic E-state index is 14.5. The van der Waals surface area contributed by atoms with E-state index in [1.54, 1.807) is 30.3 Å². The van der Waals surface area contributed by atoms with E-state index in [4.69, 9.17) is 4.74 Å². The summed E-state index contributed by atoms with van der Waals surface area (Å²) >= 11 is 0. The molecular weight excluding hydrogens is 385 g/mol. The third-order valence-electron chi connectivity index (χ3n) is 5.35. The lowest BCUT2D eigenvalue weighted by molar-refractivity contribution is 0.0964. The maximum absolute atomic E-state index is 14.5. The van der Waals surface area contributed by atoms with E-state index in [0.29, 0.717) is 17.7 Å². The molecule has 1 N–H and O–H groups in total. The van der Waals surface area contributed by atoms with Crippen LogP contribution in [0.4, 0.5) is 10.1 Å². The first-order chi connectivity index (χ1) is 14.5. The zero-order chi connectivity index (χ0) is 21.5. The molecular formula is C23H28FN3O3. The Hall–Kier alpha value is -2.77. The third kappa shape index (κ3) is 5.64. The fourth-order valence-electron chi connectivity index (χ4n) is 3.53. The van der Waals surface area contributed by atoms with E-state index in [9.17, 15) is 14.0 Å². The molecule has 160 valence electrons. The van der Waals surface area contributed by atoms with Crippen LogP contribution >= 0.6 is 0 Å². The number of benzene rings is 2. The molecule has 1 heterocycles. The van der Waals surface area contributed by atoms with E-state index in [0.717, 1.165) is 32.7 Å². The highest BCUT2D eigenvalue weighted by atomic mass is 19.1.